The van der Waals surface area contributed by atoms with E-state index in [4.69, 9.17) is 0 Å². The summed E-state index contributed by atoms with van der Waals surface area (Å²) in [5, 5.41) is 0. The molecule has 3 nitrogen and oxygen atoms in total. The number of rotatable bonds is 2. The van der Waals surface area contributed by atoms with E-state index < -0.39 is 0 Å². The standard InChI is InChI=1S/C6H4BrNO2/c7-5-1-2-6(8-3-5)10-4-9/h1-4H. The van der Waals surface area contributed by atoms with Crippen molar-refractivity contribution in [1.82, 2.24) is 4.98 Å². The Labute approximate surface area is 66.2 Å². The molecule has 0 bridgehead atoms. The van der Waals surface area contributed by atoms with Gasteiger partial charge in [-0.1, -0.05) is 0 Å². The molecule has 0 saturated heterocycles. The summed E-state index contributed by atoms with van der Waals surface area (Å²) >= 11 is 3.19. The van der Waals surface area contributed by atoms with Crippen LogP contribution in [-0.4, -0.2) is 11.5 Å². The van der Waals surface area contributed by atoms with Crippen LogP contribution >= 0.6 is 15.9 Å². The molecule has 0 N–H and O–H groups in total. The second-order valence-electron chi connectivity index (χ2n) is 1.53. The van der Waals surface area contributed by atoms with E-state index in [9.17, 15) is 4.79 Å². The molecule has 0 amide bonds. The highest BCUT2D eigenvalue weighted by Crippen LogP contribution is 2.11. The minimum Gasteiger partial charge on any atom is -0.410 e. The molecule has 1 aromatic rings. The molecule has 10 heavy (non-hydrogen) atoms. The van der Waals surface area contributed by atoms with Gasteiger partial charge < -0.3 is 4.74 Å². The van der Waals surface area contributed by atoms with Crippen LogP contribution in [0.2, 0.25) is 0 Å². The molecule has 0 atom stereocenters. The minimum atomic E-state index is 0.304. The molecule has 1 aromatic heterocycles. The third-order valence-electron chi connectivity index (χ3n) is 0.869. The Kier molecular flexibility index (Phi) is 2.39. The quantitative estimate of drug-likeness (QED) is 0.680. The van der Waals surface area contributed by atoms with Gasteiger partial charge in [-0.25, -0.2) is 4.98 Å². The van der Waals surface area contributed by atoms with Gasteiger partial charge in [-0.15, -0.1) is 0 Å². The molecule has 4 heteroatoms. The fraction of sp³-hybridized carbons (Fsp3) is 0. The second kappa shape index (κ2) is 3.31. The van der Waals surface area contributed by atoms with E-state index in [1.165, 1.54) is 0 Å². The summed E-state index contributed by atoms with van der Waals surface area (Å²) < 4.78 is 5.30. The molecule has 1 rings (SSSR count). The number of halogens is 1. The predicted molar refractivity (Wildman–Crippen MR) is 38.6 cm³/mol. The third-order valence-corrected chi connectivity index (χ3v) is 1.34. The lowest BCUT2D eigenvalue weighted by Gasteiger charge is -1.93. The van der Waals surface area contributed by atoms with Crippen molar-refractivity contribution in [1.29, 1.82) is 0 Å². The van der Waals surface area contributed by atoms with E-state index in [-0.39, 0.29) is 0 Å². The van der Waals surface area contributed by atoms with Crippen LogP contribution < -0.4 is 4.74 Å². The zero-order chi connectivity index (χ0) is 7.40. The fourth-order valence-electron chi connectivity index (χ4n) is 0.481. The van der Waals surface area contributed by atoms with Crippen molar-refractivity contribution in [3.63, 3.8) is 0 Å². The first-order chi connectivity index (χ1) is 4.83. The average Bonchev–Trinajstić information content (AvgIpc) is 1.95. The van der Waals surface area contributed by atoms with Crippen molar-refractivity contribution >= 4 is 22.4 Å². The first kappa shape index (κ1) is 7.21. The number of carbonyl (C=O) groups is 1. The Morgan fingerprint density at radius 1 is 1.60 bits per heavy atom. The zero-order valence-corrected chi connectivity index (χ0v) is 6.54. The average molecular weight is 202 g/mol. The van der Waals surface area contributed by atoms with Gasteiger partial charge in [-0.2, -0.15) is 0 Å². The molecule has 52 valence electrons. The first-order valence-electron chi connectivity index (χ1n) is 2.55. The van der Waals surface area contributed by atoms with E-state index in [0.29, 0.717) is 12.4 Å². The highest BCUT2D eigenvalue weighted by atomic mass is 79.9. The number of carbonyl (C=O) groups excluding carboxylic acids is 1. The van der Waals surface area contributed by atoms with Gasteiger partial charge in [0.15, 0.2) is 0 Å². The van der Waals surface area contributed by atoms with Gasteiger partial charge in [0, 0.05) is 16.7 Å². The minimum absolute atomic E-state index is 0.304. The Bertz CT molecular complexity index is 222. The molecule has 0 aliphatic rings. The molecule has 0 aliphatic carbocycles. The van der Waals surface area contributed by atoms with Crippen molar-refractivity contribution in [2.75, 3.05) is 0 Å². The number of hydrogen-bond acceptors (Lipinski definition) is 3. The SMILES string of the molecule is O=COc1ccc(Br)cn1. The maximum Gasteiger partial charge on any atom is 0.299 e. The molecule has 0 aromatic carbocycles. The van der Waals surface area contributed by atoms with Crippen molar-refractivity contribution in [2.24, 2.45) is 0 Å². The number of ether oxygens (including phenoxy) is 1. The summed E-state index contributed by atoms with van der Waals surface area (Å²) in [5.74, 6) is 0.304. The van der Waals surface area contributed by atoms with E-state index in [2.05, 4.69) is 25.7 Å². The lowest BCUT2D eigenvalue weighted by Crippen LogP contribution is -1.90. The number of pyridine rings is 1. The monoisotopic (exact) mass is 201 g/mol. The first-order valence-corrected chi connectivity index (χ1v) is 3.34. The lowest BCUT2D eigenvalue weighted by atomic mass is 10.5. The molecule has 0 saturated carbocycles. The smallest absolute Gasteiger partial charge is 0.299 e. The number of nitrogens with zero attached hydrogens (tertiary/aromatic N) is 1. The maximum atomic E-state index is 9.79. The largest absolute Gasteiger partial charge is 0.410 e. The van der Waals surface area contributed by atoms with Crippen LogP contribution in [0.1, 0.15) is 0 Å². The van der Waals surface area contributed by atoms with Crippen LogP contribution in [0, 0.1) is 0 Å². The second-order valence-corrected chi connectivity index (χ2v) is 2.44. The summed E-state index contributed by atoms with van der Waals surface area (Å²) in [6, 6.07) is 3.34. The topological polar surface area (TPSA) is 39.2 Å². The number of aromatic nitrogens is 1. The van der Waals surface area contributed by atoms with E-state index in [1.54, 1.807) is 18.3 Å². The van der Waals surface area contributed by atoms with E-state index >= 15 is 0 Å². The Balaban J connectivity index is 2.78. The fourth-order valence-corrected chi connectivity index (χ4v) is 0.716. The van der Waals surface area contributed by atoms with Crippen molar-refractivity contribution in [2.45, 2.75) is 0 Å². The molecular weight excluding hydrogens is 198 g/mol. The molecular formula is C6H4BrNO2. The van der Waals surface area contributed by atoms with Crippen molar-refractivity contribution < 1.29 is 9.53 Å². The summed E-state index contributed by atoms with van der Waals surface area (Å²) in [7, 11) is 0. The van der Waals surface area contributed by atoms with Crippen LogP contribution in [0.25, 0.3) is 0 Å². The van der Waals surface area contributed by atoms with Crippen LogP contribution in [0.15, 0.2) is 22.8 Å². The van der Waals surface area contributed by atoms with Crippen LogP contribution in [0.4, 0.5) is 0 Å². The van der Waals surface area contributed by atoms with Gasteiger partial charge in [0.2, 0.25) is 5.88 Å². The van der Waals surface area contributed by atoms with E-state index in [1.807, 2.05) is 0 Å². The van der Waals surface area contributed by atoms with E-state index in [0.717, 1.165) is 4.47 Å². The van der Waals surface area contributed by atoms with Crippen molar-refractivity contribution in [3.8, 4) is 5.88 Å². The Morgan fingerprint density at radius 3 is 2.90 bits per heavy atom. The van der Waals surface area contributed by atoms with Gasteiger partial charge >= 0.3 is 0 Å². The normalized spacial score (nSPS) is 8.90. The highest BCUT2D eigenvalue weighted by molar-refractivity contribution is 9.10. The highest BCUT2D eigenvalue weighted by Gasteiger charge is 1.91. The maximum absolute atomic E-state index is 9.79. The van der Waals surface area contributed by atoms with Crippen LogP contribution in [-0.2, 0) is 4.79 Å². The van der Waals surface area contributed by atoms with Gasteiger partial charge in [0.1, 0.15) is 0 Å². The molecule has 0 spiro atoms. The molecule has 1 heterocycles. The van der Waals surface area contributed by atoms with Crippen molar-refractivity contribution in [3.05, 3.63) is 22.8 Å². The number of hydrogen-bond donors (Lipinski definition) is 0. The van der Waals surface area contributed by atoms with Gasteiger partial charge in [-0.05, 0) is 22.0 Å². The Morgan fingerprint density at radius 2 is 2.40 bits per heavy atom. The third kappa shape index (κ3) is 1.80. The summed E-state index contributed by atoms with van der Waals surface area (Å²) in [6.07, 6.45) is 1.55. The van der Waals surface area contributed by atoms with Gasteiger partial charge in [0.25, 0.3) is 6.47 Å². The van der Waals surface area contributed by atoms with Crippen LogP contribution in [0.3, 0.4) is 0 Å². The summed E-state index contributed by atoms with van der Waals surface area (Å²) in [6.45, 7) is 0.343. The predicted octanol–water partition coefficient (Wildman–Crippen LogP) is 1.38. The molecule has 0 fully saturated rings. The molecule has 0 radical (unpaired) electrons. The van der Waals surface area contributed by atoms with Gasteiger partial charge in [-0.3, -0.25) is 4.79 Å². The van der Waals surface area contributed by atoms with Crippen LogP contribution in [0.5, 0.6) is 5.88 Å². The molecule has 0 aliphatic heterocycles. The summed E-state index contributed by atoms with van der Waals surface area (Å²) in [4.78, 5) is 13.6. The summed E-state index contributed by atoms with van der Waals surface area (Å²) in [5.41, 5.74) is 0. The zero-order valence-electron chi connectivity index (χ0n) is 4.95. The molecule has 0 unspecified atom stereocenters. The lowest BCUT2D eigenvalue weighted by molar-refractivity contribution is -0.120. The Hall–Kier alpha value is -0.900. The van der Waals surface area contributed by atoms with Gasteiger partial charge in [0.05, 0.1) is 0 Å².